The number of amides is 2. The predicted octanol–water partition coefficient (Wildman–Crippen LogP) is 0.164. The Morgan fingerprint density at radius 1 is 1.73 bits per heavy atom. The maximum atomic E-state index is 11.4. The van der Waals surface area contributed by atoms with Gasteiger partial charge in [0.2, 0.25) is 0 Å². The van der Waals surface area contributed by atoms with E-state index in [-0.39, 0.29) is 6.03 Å². The van der Waals surface area contributed by atoms with E-state index in [9.17, 15) is 4.79 Å². The molecule has 0 aliphatic carbocycles. The van der Waals surface area contributed by atoms with E-state index in [1.165, 1.54) is 0 Å². The van der Waals surface area contributed by atoms with Crippen LogP contribution in [0.5, 0.6) is 0 Å². The van der Waals surface area contributed by atoms with Gasteiger partial charge in [0.15, 0.2) is 0 Å². The normalized spacial score (nSPS) is 10.1. The second kappa shape index (κ2) is 4.68. The van der Waals surface area contributed by atoms with Gasteiger partial charge in [-0.05, 0) is 6.92 Å². The SMILES string of the molecule is CCN(C)C(=O)NCc1cnn(C)c1N. The molecule has 2 amide bonds. The second-order valence-corrected chi connectivity index (χ2v) is 3.35. The zero-order valence-electron chi connectivity index (χ0n) is 9.32. The largest absolute Gasteiger partial charge is 0.384 e. The molecule has 0 spiro atoms. The number of urea groups is 1. The van der Waals surface area contributed by atoms with Crippen LogP contribution < -0.4 is 11.1 Å². The van der Waals surface area contributed by atoms with Crippen LogP contribution in [0, 0.1) is 0 Å². The van der Waals surface area contributed by atoms with Crippen molar-refractivity contribution < 1.29 is 4.79 Å². The highest BCUT2D eigenvalue weighted by molar-refractivity contribution is 5.73. The highest BCUT2D eigenvalue weighted by atomic mass is 16.2. The first kappa shape index (κ1) is 11.4. The highest BCUT2D eigenvalue weighted by Gasteiger charge is 2.08. The fraction of sp³-hybridized carbons (Fsp3) is 0.556. The summed E-state index contributed by atoms with van der Waals surface area (Å²) in [4.78, 5) is 13.0. The summed E-state index contributed by atoms with van der Waals surface area (Å²) in [5, 5.41) is 6.74. The molecule has 1 rings (SSSR count). The number of nitrogens with two attached hydrogens (primary N) is 1. The minimum absolute atomic E-state index is 0.110. The third-order valence-electron chi connectivity index (χ3n) is 2.32. The van der Waals surface area contributed by atoms with Gasteiger partial charge in [-0.1, -0.05) is 0 Å². The first-order valence-electron chi connectivity index (χ1n) is 4.81. The summed E-state index contributed by atoms with van der Waals surface area (Å²) in [6.07, 6.45) is 1.65. The number of anilines is 1. The van der Waals surface area contributed by atoms with Crippen molar-refractivity contribution in [2.75, 3.05) is 19.3 Å². The fourth-order valence-corrected chi connectivity index (χ4v) is 1.08. The summed E-state index contributed by atoms with van der Waals surface area (Å²) in [6, 6.07) is -0.110. The van der Waals surface area contributed by atoms with Gasteiger partial charge in [0.05, 0.1) is 6.20 Å². The van der Waals surface area contributed by atoms with Gasteiger partial charge in [0.25, 0.3) is 0 Å². The number of aryl methyl sites for hydroxylation is 1. The number of hydrogen-bond acceptors (Lipinski definition) is 3. The lowest BCUT2D eigenvalue weighted by molar-refractivity contribution is 0.210. The molecule has 0 aromatic carbocycles. The van der Waals surface area contributed by atoms with E-state index in [0.717, 1.165) is 5.56 Å². The Labute approximate surface area is 89.0 Å². The van der Waals surface area contributed by atoms with E-state index in [2.05, 4.69) is 10.4 Å². The Bertz CT molecular complexity index is 346. The van der Waals surface area contributed by atoms with Gasteiger partial charge in [0.1, 0.15) is 5.82 Å². The molecule has 0 saturated carbocycles. The molecule has 0 atom stereocenters. The highest BCUT2D eigenvalue weighted by Crippen LogP contribution is 2.08. The van der Waals surface area contributed by atoms with Gasteiger partial charge in [-0.2, -0.15) is 5.10 Å². The Balaban J connectivity index is 2.51. The van der Waals surface area contributed by atoms with Crippen LogP contribution in [0.4, 0.5) is 10.6 Å². The molecule has 1 heterocycles. The lowest BCUT2D eigenvalue weighted by atomic mass is 10.3. The van der Waals surface area contributed by atoms with Gasteiger partial charge in [-0.15, -0.1) is 0 Å². The molecule has 84 valence electrons. The number of nitrogen functional groups attached to an aromatic ring is 1. The van der Waals surface area contributed by atoms with Crippen molar-refractivity contribution in [2.24, 2.45) is 7.05 Å². The van der Waals surface area contributed by atoms with E-state index >= 15 is 0 Å². The standard InChI is InChI=1S/C9H17N5O/c1-4-13(2)9(15)11-5-7-6-12-14(3)8(7)10/h6H,4-5,10H2,1-3H3,(H,11,15). The molecule has 0 unspecified atom stereocenters. The Morgan fingerprint density at radius 3 is 2.87 bits per heavy atom. The maximum Gasteiger partial charge on any atom is 0.317 e. The number of rotatable bonds is 3. The molecule has 0 aliphatic heterocycles. The minimum Gasteiger partial charge on any atom is -0.384 e. The first-order chi connectivity index (χ1) is 7.06. The summed E-state index contributed by atoms with van der Waals surface area (Å²) in [5.41, 5.74) is 6.56. The van der Waals surface area contributed by atoms with Crippen LogP contribution >= 0.6 is 0 Å². The smallest absolute Gasteiger partial charge is 0.317 e. The van der Waals surface area contributed by atoms with E-state index in [4.69, 9.17) is 5.73 Å². The number of carbonyl (C=O) groups is 1. The monoisotopic (exact) mass is 211 g/mol. The van der Waals surface area contributed by atoms with Gasteiger partial charge >= 0.3 is 6.03 Å². The summed E-state index contributed by atoms with van der Waals surface area (Å²) >= 11 is 0. The van der Waals surface area contributed by atoms with Crippen molar-refractivity contribution in [1.82, 2.24) is 20.0 Å². The van der Waals surface area contributed by atoms with Gasteiger partial charge in [0, 0.05) is 32.7 Å². The lowest BCUT2D eigenvalue weighted by Gasteiger charge is -2.15. The number of aromatic nitrogens is 2. The number of nitrogens with one attached hydrogen (secondary N) is 1. The summed E-state index contributed by atoms with van der Waals surface area (Å²) in [7, 11) is 3.50. The van der Waals surface area contributed by atoms with Crippen LogP contribution in [0.15, 0.2) is 6.20 Å². The number of hydrogen-bond donors (Lipinski definition) is 2. The zero-order valence-corrected chi connectivity index (χ0v) is 9.32. The first-order valence-corrected chi connectivity index (χ1v) is 4.81. The van der Waals surface area contributed by atoms with Crippen LogP contribution in [0.1, 0.15) is 12.5 Å². The summed E-state index contributed by atoms with van der Waals surface area (Å²) < 4.78 is 1.57. The maximum absolute atomic E-state index is 11.4. The molecule has 6 heteroatoms. The minimum atomic E-state index is -0.110. The molecule has 1 aromatic heterocycles. The van der Waals surface area contributed by atoms with Crippen molar-refractivity contribution in [1.29, 1.82) is 0 Å². The fourth-order valence-electron chi connectivity index (χ4n) is 1.08. The molecule has 1 aromatic rings. The van der Waals surface area contributed by atoms with E-state index in [0.29, 0.717) is 18.9 Å². The Kier molecular flexibility index (Phi) is 3.54. The van der Waals surface area contributed by atoms with Crippen molar-refractivity contribution in [3.8, 4) is 0 Å². The van der Waals surface area contributed by atoms with E-state index < -0.39 is 0 Å². The van der Waals surface area contributed by atoms with Crippen LogP contribution in [0.25, 0.3) is 0 Å². The average molecular weight is 211 g/mol. The summed E-state index contributed by atoms with van der Waals surface area (Å²) in [5.74, 6) is 0.578. The third kappa shape index (κ3) is 2.61. The molecular weight excluding hydrogens is 194 g/mol. The third-order valence-corrected chi connectivity index (χ3v) is 2.32. The van der Waals surface area contributed by atoms with Crippen molar-refractivity contribution >= 4 is 11.8 Å². The van der Waals surface area contributed by atoms with Crippen LogP contribution in [0.2, 0.25) is 0 Å². The summed E-state index contributed by atoms with van der Waals surface area (Å²) in [6.45, 7) is 3.00. The number of nitrogens with zero attached hydrogens (tertiary/aromatic N) is 3. The molecule has 0 radical (unpaired) electrons. The molecule has 0 fully saturated rings. The predicted molar refractivity (Wildman–Crippen MR) is 58.2 cm³/mol. The Morgan fingerprint density at radius 2 is 2.40 bits per heavy atom. The second-order valence-electron chi connectivity index (χ2n) is 3.35. The lowest BCUT2D eigenvalue weighted by Crippen LogP contribution is -2.36. The van der Waals surface area contributed by atoms with Gasteiger partial charge < -0.3 is 16.0 Å². The molecule has 3 N–H and O–H groups in total. The Hall–Kier alpha value is -1.72. The molecular formula is C9H17N5O. The van der Waals surface area contributed by atoms with Gasteiger partial charge in [-0.3, -0.25) is 4.68 Å². The van der Waals surface area contributed by atoms with Crippen molar-refractivity contribution in [3.05, 3.63) is 11.8 Å². The number of carbonyl (C=O) groups excluding carboxylic acids is 1. The van der Waals surface area contributed by atoms with Gasteiger partial charge in [-0.25, -0.2) is 4.79 Å². The molecule has 0 saturated heterocycles. The molecule has 0 bridgehead atoms. The van der Waals surface area contributed by atoms with Crippen LogP contribution in [-0.2, 0) is 13.6 Å². The van der Waals surface area contributed by atoms with Crippen molar-refractivity contribution in [3.63, 3.8) is 0 Å². The van der Waals surface area contributed by atoms with E-state index in [1.807, 2.05) is 6.92 Å². The topological polar surface area (TPSA) is 76.2 Å². The van der Waals surface area contributed by atoms with Crippen molar-refractivity contribution in [2.45, 2.75) is 13.5 Å². The zero-order chi connectivity index (χ0) is 11.4. The van der Waals surface area contributed by atoms with Crippen LogP contribution in [-0.4, -0.2) is 34.3 Å². The quantitative estimate of drug-likeness (QED) is 0.748. The molecule has 0 aliphatic rings. The molecule has 15 heavy (non-hydrogen) atoms. The average Bonchev–Trinajstić information content (AvgIpc) is 2.55. The molecule has 6 nitrogen and oxygen atoms in total. The van der Waals surface area contributed by atoms with Crippen LogP contribution in [0.3, 0.4) is 0 Å². The van der Waals surface area contributed by atoms with E-state index in [1.54, 1.807) is 29.9 Å².